The molecule has 2 nitrogen and oxygen atoms in total. The highest BCUT2D eigenvalue weighted by molar-refractivity contribution is 5.87. The van der Waals surface area contributed by atoms with Gasteiger partial charge in [0, 0.05) is 5.57 Å². The van der Waals surface area contributed by atoms with E-state index in [0.717, 1.165) is 19.3 Å². The fourth-order valence-electron chi connectivity index (χ4n) is 1.32. The fraction of sp³-hybridized carbons (Fsp3) is 0.667. The second kappa shape index (κ2) is 11.4. The van der Waals surface area contributed by atoms with Gasteiger partial charge < -0.3 is 4.74 Å². The average Bonchev–Trinajstić information content (AvgIpc) is 2.35. The summed E-state index contributed by atoms with van der Waals surface area (Å²) in [6.07, 6.45) is 13.1. The van der Waals surface area contributed by atoms with Crippen LogP contribution in [-0.2, 0) is 9.53 Å². The lowest BCUT2D eigenvalue weighted by Gasteiger charge is -2.03. The minimum Gasteiger partial charge on any atom is -0.462 e. The molecule has 0 aliphatic heterocycles. The number of hydrogen-bond acceptors (Lipinski definition) is 2. The number of unbranched alkanes of at least 4 members (excludes halogenated alkanes) is 4. The van der Waals surface area contributed by atoms with E-state index in [-0.39, 0.29) is 5.97 Å². The Bertz CT molecular complexity index is 252. The molecule has 2 heteroatoms. The standard InChI is InChI=1S/C15H26O2/c1-4-6-7-8-9-10-11-12-13-17-15(16)14(3)5-2/h5,8-9H,4,6-7,10-13H2,1-3H3/b9-8+,14-5+. The van der Waals surface area contributed by atoms with Crippen LogP contribution in [0.25, 0.3) is 0 Å². The quantitative estimate of drug-likeness (QED) is 0.257. The Morgan fingerprint density at radius 1 is 1.12 bits per heavy atom. The Labute approximate surface area is 106 Å². The molecule has 0 unspecified atom stereocenters. The van der Waals surface area contributed by atoms with Gasteiger partial charge in [-0.05, 0) is 39.5 Å². The van der Waals surface area contributed by atoms with Gasteiger partial charge in [-0.15, -0.1) is 0 Å². The largest absolute Gasteiger partial charge is 0.462 e. The topological polar surface area (TPSA) is 26.3 Å². The molecule has 0 atom stereocenters. The molecular weight excluding hydrogens is 212 g/mol. The normalized spacial score (nSPS) is 12.1. The molecule has 0 aliphatic carbocycles. The maximum atomic E-state index is 11.3. The molecule has 0 heterocycles. The predicted molar refractivity (Wildman–Crippen MR) is 72.9 cm³/mol. The van der Waals surface area contributed by atoms with Gasteiger partial charge in [-0.2, -0.15) is 0 Å². The Morgan fingerprint density at radius 2 is 1.76 bits per heavy atom. The highest BCUT2D eigenvalue weighted by atomic mass is 16.5. The molecule has 0 radical (unpaired) electrons. The van der Waals surface area contributed by atoms with Gasteiger partial charge >= 0.3 is 5.97 Å². The van der Waals surface area contributed by atoms with E-state index in [2.05, 4.69) is 19.1 Å². The van der Waals surface area contributed by atoms with Gasteiger partial charge in [0.2, 0.25) is 0 Å². The zero-order valence-electron chi connectivity index (χ0n) is 11.5. The maximum absolute atomic E-state index is 11.3. The lowest BCUT2D eigenvalue weighted by atomic mass is 10.2. The van der Waals surface area contributed by atoms with E-state index in [9.17, 15) is 4.79 Å². The van der Waals surface area contributed by atoms with Crippen LogP contribution in [0.15, 0.2) is 23.8 Å². The Hall–Kier alpha value is -1.05. The van der Waals surface area contributed by atoms with E-state index in [1.807, 2.05) is 6.92 Å². The minimum absolute atomic E-state index is 0.189. The minimum atomic E-state index is -0.189. The molecule has 0 aromatic rings. The molecule has 0 amide bonds. The number of ether oxygens (including phenoxy) is 1. The number of rotatable bonds is 9. The van der Waals surface area contributed by atoms with E-state index in [1.165, 1.54) is 19.3 Å². The van der Waals surface area contributed by atoms with Crippen LogP contribution < -0.4 is 0 Å². The van der Waals surface area contributed by atoms with Crippen molar-refractivity contribution >= 4 is 5.97 Å². The van der Waals surface area contributed by atoms with E-state index in [4.69, 9.17) is 4.74 Å². The van der Waals surface area contributed by atoms with Crippen molar-refractivity contribution in [1.82, 2.24) is 0 Å². The smallest absolute Gasteiger partial charge is 0.333 e. The van der Waals surface area contributed by atoms with Crippen LogP contribution in [-0.4, -0.2) is 12.6 Å². The SMILES string of the molecule is C/C=C(\C)C(=O)OCCCC/C=C/CCCC. The van der Waals surface area contributed by atoms with Crippen molar-refractivity contribution in [3.8, 4) is 0 Å². The molecule has 0 fully saturated rings. The fourth-order valence-corrected chi connectivity index (χ4v) is 1.32. The summed E-state index contributed by atoms with van der Waals surface area (Å²) < 4.78 is 5.11. The van der Waals surface area contributed by atoms with Crippen LogP contribution in [0.4, 0.5) is 0 Å². The van der Waals surface area contributed by atoms with Crippen molar-refractivity contribution in [1.29, 1.82) is 0 Å². The molecule has 0 rings (SSSR count). The number of hydrogen-bond donors (Lipinski definition) is 0. The molecular formula is C15H26O2. The first-order valence-electron chi connectivity index (χ1n) is 6.67. The van der Waals surface area contributed by atoms with E-state index >= 15 is 0 Å². The summed E-state index contributed by atoms with van der Waals surface area (Å²) in [5.74, 6) is -0.189. The molecule has 0 N–H and O–H groups in total. The first-order valence-corrected chi connectivity index (χ1v) is 6.67. The van der Waals surface area contributed by atoms with Crippen molar-refractivity contribution in [2.75, 3.05) is 6.61 Å². The van der Waals surface area contributed by atoms with Crippen LogP contribution in [0.2, 0.25) is 0 Å². The molecule has 0 saturated carbocycles. The third kappa shape index (κ3) is 9.86. The van der Waals surface area contributed by atoms with E-state index < -0.39 is 0 Å². The average molecular weight is 238 g/mol. The van der Waals surface area contributed by atoms with Crippen molar-refractivity contribution in [3.05, 3.63) is 23.8 Å². The maximum Gasteiger partial charge on any atom is 0.333 e. The lowest BCUT2D eigenvalue weighted by Crippen LogP contribution is -2.06. The summed E-state index contributed by atoms with van der Waals surface area (Å²) in [7, 11) is 0. The van der Waals surface area contributed by atoms with Crippen LogP contribution in [0, 0.1) is 0 Å². The summed E-state index contributed by atoms with van der Waals surface area (Å²) in [6.45, 7) is 6.36. The van der Waals surface area contributed by atoms with Gasteiger partial charge in [0.25, 0.3) is 0 Å². The molecule has 0 saturated heterocycles. The number of esters is 1. The van der Waals surface area contributed by atoms with Gasteiger partial charge in [0.15, 0.2) is 0 Å². The summed E-state index contributed by atoms with van der Waals surface area (Å²) >= 11 is 0. The highest BCUT2D eigenvalue weighted by Gasteiger charge is 2.02. The summed E-state index contributed by atoms with van der Waals surface area (Å²) in [5, 5.41) is 0. The van der Waals surface area contributed by atoms with Gasteiger partial charge in [-0.25, -0.2) is 4.79 Å². The van der Waals surface area contributed by atoms with Gasteiger partial charge in [-0.1, -0.05) is 38.0 Å². The van der Waals surface area contributed by atoms with E-state index in [1.54, 1.807) is 13.0 Å². The second-order valence-electron chi connectivity index (χ2n) is 4.22. The molecule has 0 bridgehead atoms. The van der Waals surface area contributed by atoms with Crippen LogP contribution in [0.1, 0.15) is 59.3 Å². The third-order valence-corrected chi connectivity index (χ3v) is 2.64. The first-order chi connectivity index (χ1) is 8.22. The zero-order valence-corrected chi connectivity index (χ0v) is 11.5. The van der Waals surface area contributed by atoms with Gasteiger partial charge in [0.1, 0.15) is 0 Å². The number of carbonyl (C=O) groups excluding carboxylic acids is 1. The zero-order chi connectivity index (χ0) is 12.9. The number of allylic oxidation sites excluding steroid dienone is 3. The molecule has 0 aromatic heterocycles. The highest BCUT2D eigenvalue weighted by Crippen LogP contribution is 2.02. The molecule has 0 spiro atoms. The molecule has 98 valence electrons. The van der Waals surface area contributed by atoms with Crippen molar-refractivity contribution in [2.45, 2.75) is 59.3 Å². The summed E-state index contributed by atoms with van der Waals surface area (Å²) in [5.41, 5.74) is 0.685. The van der Waals surface area contributed by atoms with Gasteiger partial charge in [-0.3, -0.25) is 0 Å². The van der Waals surface area contributed by atoms with E-state index in [0.29, 0.717) is 12.2 Å². The van der Waals surface area contributed by atoms with Crippen LogP contribution >= 0.6 is 0 Å². The Kier molecular flexibility index (Phi) is 10.7. The van der Waals surface area contributed by atoms with Crippen LogP contribution in [0.5, 0.6) is 0 Å². The second-order valence-corrected chi connectivity index (χ2v) is 4.22. The molecule has 0 aromatic carbocycles. The van der Waals surface area contributed by atoms with Crippen LogP contribution in [0.3, 0.4) is 0 Å². The third-order valence-electron chi connectivity index (χ3n) is 2.64. The lowest BCUT2D eigenvalue weighted by molar-refractivity contribution is -0.139. The van der Waals surface area contributed by atoms with Crippen molar-refractivity contribution in [2.24, 2.45) is 0 Å². The van der Waals surface area contributed by atoms with Crippen molar-refractivity contribution < 1.29 is 9.53 Å². The Morgan fingerprint density at radius 3 is 2.35 bits per heavy atom. The molecule has 17 heavy (non-hydrogen) atoms. The first kappa shape index (κ1) is 16.0. The summed E-state index contributed by atoms with van der Waals surface area (Å²) in [4.78, 5) is 11.3. The monoisotopic (exact) mass is 238 g/mol. The summed E-state index contributed by atoms with van der Waals surface area (Å²) in [6, 6.07) is 0. The number of carbonyl (C=O) groups is 1. The van der Waals surface area contributed by atoms with Crippen molar-refractivity contribution in [3.63, 3.8) is 0 Å². The predicted octanol–water partition coefficient (Wildman–Crippen LogP) is 4.41. The Balaban J connectivity index is 3.35. The molecule has 0 aliphatic rings. The van der Waals surface area contributed by atoms with Gasteiger partial charge in [0.05, 0.1) is 6.61 Å².